The van der Waals surface area contributed by atoms with Crippen LogP contribution in [-0.2, 0) is 28.8 Å². The van der Waals surface area contributed by atoms with Gasteiger partial charge in [-0.05, 0) is 25.7 Å². The highest BCUT2D eigenvalue weighted by Gasteiger charge is 2.28. The number of carboxylic acids is 2. The summed E-state index contributed by atoms with van der Waals surface area (Å²) in [6.07, 6.45) is 38.3. The number of aliphatic carboxylic acids is 2. The number of nitrogens with one attached hydrogen (secondary N) is 4. The second-order valence-electron chi connectivity index (χ2n) is 17.8. The summed E-state index contributed by atoms with van der Waals surface area (Å²) in [6, 6.07) is -2.65. The number of amides is 4. The molecular formula is C50H94N4O8. The van der Waals surface area contributed by atoms with Gasteiger partial charge in [0.1, 0.15) is 12.1 Å². The lowest BCUT2D eigenvalue weighted by atomic mass is 10.0. The smallest absolute Gasteiger partial charge is 0.326 e. The Morgan fingerprint density at radius 3 is 1.06 bits per heavy atom. The highest BCUT2D eigenvalue weighted by Crippen LogP contribution is 2.15. The number of carbonyl (C=O) groups excluding carboxylic acids is 4. The van der Waals surface area contributed by atoms with Gasteiger partial charge in [-0.1, -0.05) is 206 Å². The van der Waals surface area contributed by atoms with E-state index in [-0.39, 0.29) is 25.2 Å². The molecule has 0 spiro atoms. The highest BCUT2D eigenvalue weighted by atomic mass is 16.4. The lowest BCUT2D eigenvalue weighted by Gasteiger charge is -2.20. The summed E-state index contributed by atoms with van der Waals surface area (Å²) in [7, 11) is 0. The number of hydrogen-bond acceptors (Lipinski definition) is 6. The molecule has 0 aliphatic rings. The SMILES string of the molecule is CCCCCCCCCCCCCCCCNC(=O)C[C@H](NC(=O)C[C@H](NC(=O)CCCCCCCCC(=O)O)C(=O)O)C(=O)NCCCCCCCCCCCCCCCC. The second-order valence-corrected chi connectivity index (χ2v) is 17.8. The van der Waals surface area contributed by atoms with Gasteiger partial charge in [0.25, 0.3) is 0 Å². The zero-order chi connectivity index (χ0) is 45.7. The van der Waals surface area contributed by atoms with Crippen molar-refractivity contribution in [2.24, 2.45) is 0 Å². The van der Waals surface area contributed by atoms with Gasteiger partial charge in [-0.2, -0.15) is 0 Å². The van der Waals surface area contributed by atoms with Crippen molar-refractivity contribution in [2.75, 3.05) is 13.1 Å². The number of carboxylic acid groups (broad SMARTS) is 2. The topological polar surface area (TPSA) is 191 Å². The van der Waals surface area contributed by atoms with E-state index in [1.165, 1.54) is 141 Å². The summed E-state index contributed by atoms with van der Waals surface area (Å²) in [5, 5.41) is 29.3. The zero-order valence-corrected chi connectivity index (χ0v) is 39.8. The molecule has 0 bridgehead atoms. The molecule has 0 aromatic rings. The molecule has 2 atom stereocenters. The molecule has 362 valence electrons. The van der Waals surface area contributed by atoms with Crippen LogP contribution in [0.2, 0.25) is 0 Å². The molecule has 0 aliphatic heterocycles. The summed E-state index contributed by atoms with van der Waals surface area (Å²) in [6.45, 7) is 5.39. The summed E-state index contributed by atoms with van der Waals surface area (Å²) in [4.78, 5) is 74.6. The molecule has 0 aliphatic carbocycles. The number of rotatable bonds is 47. The molecular weight excluding hydrogens is 785 g/mol. The lowest BCUT2D eigenvalue weighted by Crippen LogP contribution is -2.51. The third-order valence-electron chi connectivity index (χ3n) is 11.8. The summed E-state index contributed by atoms with van der Waals surface area (Å²) < 4.78 is 0. The van der Waals surface area contributed by atoms with E-state index in [0.29, 0.717) is 25.9 Å². The monoisotopic (exact) mass is 879 g/mol. The average Bonchev–Trinajstić information content (AvgIpc) is 3.23. The van der Waals surface area contributed by atoms with Crippen LogP contribution in [0.3, 0.4) is 0 Å². The predicted octanol–water partition coefficient (Wildman–Crippen LogP) is 11.2. The Morgan fingerprint density at radius 2 is 0.677 bits per heavy atom. The molecule has 0 heterocycles. The van der Waals surface area contributed by atoms with Crippen molar-refractivity contribution >= 4 is 35.6 Å². The fourth-order valence-corrected chi connectivity index (χ4v) is 7.84. The minimum atomic E-state index is -1.48. The van der Waals surface area contributed by atoms with E-state index in [1.54, 1.807) is 0 Å². The van der Waals surface area contributed by atoms with Crippen LogP contribution in [0.4, 0.5) is 0 Å². The van der Waals surface area contributed by atoms with E-state index < -0.39 is 48.2 Å². The van der Waals surface area contributed by atoms with Crippen molar-refractivity contribution < 1.29 is 39.0 Å². The Kier molecular flexibility index (Phi) is 42.1. The molecule has 0 aromatic heterocycles. The van der Waals surface area contributed by atoms with Crippen LogP contribution in [0.1, 0.15) is 258 Å². The first-order valence-corrected chi connectivity index (χ1v) is 25.7. The predicted molar refractivity (Wildman–Crippen MR) is 252 cm³/mol. The number of carbonyl (C=O) groups is 6. The molecule has 0 saturated carbocycles. The van der Waals surface area contributed by atoms with Crippen LogP contribution < -0.4 is 21.3 Å². The minimum absolute atomic E-state index is 0.101. The van der Waals surface area contributed by atoms with Crippen molar-refractivity contribution in [2.45, 2.75) is 270 Å². The molecule has 0 rings (SSSR count). The maximum atomic E-state index is 13.3. The Hall–Kier alpha value is -3.18. The fourth-order valence-electron chi connectivity index (χ4n) is 7.84. The van der Waals surface area contributed by atoms with Gasteiger partial charge in [-0.3, -0.25) is 24.0 Å². The zero-order valence-electron chi connectivity index (χ0n) is 39.8. The Bertz CT molecular complexity index is 1140. The molecule has 62 heavy (non-hydrogen) atoms. The van der Waals surface area contributed by atoms with Crippen LogP contribution in [-0.4, -0.2) is 71.0 Å². The third kappa shape index (κ3) is 40.9. The molecule has 0 aromatic carbocycles. The lowest BCUT2D eigenvalue weighted by molar-refractivity contribution is -0.144. The summed E-state index contributed by atoms with van der Waals surface area (Å²) in [5.74, 6) is -4.25. The first kappa shape index (κ1) is 58.8. The Balaban J connectivity index is 4.75. The number of hydrogen-bond donors (Lipinski definition) is 6. The Morgan fingerprint density at radius 1 is 0.355 bits per heavy atom. The minimum Gasteiger partial charge on any atom is -0.481 e. The van der Waals surface area contributed by atoms with Crippen LogP contribution >= 0.6 is 0 Å². The van der Waals surface area contributed by atoms with Crippen LogP contribution in [0, 0.1) is 0 Å². The standard InChI is InChI=1S/C50H94N4O8/c1-3-5-7-9-11-13-15-17-19-21-23-27-31-35-39-51-46(56)41-43(49(60)52-40-36-32-28-24-22-20-18-16-14-12-10-8-6-4-2)53-47(57)42-44(50(61)62)54-45(55)37-33-29-25-26-30-34-38-48(58)59/h43-44H,3-42H2,1-2H3,(H,51,56)(H,52,60)(H,53,57)(H,54,55)(H,58,59)(H,61,62)/t43-,44-/m0/s1. The van der Waals surface area contributed by atoms with Crippen molar-refractivity contribution in [3.05, 3.63) is 0 Å². The van der Waals surface area contributed by atoms with Gasteiger partial charge in [0.15, 0.2) is 0 Å². The van der Waals surface area contributed by atoms with Crippen molar-refractivity contribution in [1.82, 2.24) is 21.3 Å². The van der Waals surface area contributed by atoms with Gasteiger partial charge in [-0.15, -0.1) is 0 Å². The van der Waals surface area contributed by atoms with Crippen LogP contribution in [0.5, 0.6) is 0 Å². The van der Waals surface area contributed by atoms with E-state index >= 15 is 0 Å². The van der Waals surface area contributed by atoms with E-state index in [1.807, 2.05) is 0 Å². The molecule has 12 heteroatoms. The molecule has 0 unspecified atom stereocenters. The third-order valence-corrected chi connectivity index (χ3v) is 11.8. The molecule has 12 nitrogen and oxygen atoms in total. The normalized spacial score (nSPS) is 12.1. The maximum absolute atomic E-state index is 13.3. The van der Waals surface area contributed by atoms with Gasteiger partial charge >= 0.3 is 11.9 Å². The van der Waals surface area contributed by atoms with Crippen molar-refractivity contribution in [1.29, 1.82) is 0 Å². The second kappa shape index (κ2) is 44.4. The molecule has 4 amide bonds. The van der Waals surface area contributed by atoms with Crippen LogP contribution in [0.15, 0.2) is 0 Å². The first-order valence-electron chi connectivity index (χ1n) is 25.7. The number of unbranched alkanes of at least 4 members (excludes halogenated alkanes) is 31. The highest BCUT2D eigenvalue weighted by molar-refractivity contribution is 5.94. The van der Waals surface area contributed by atoms with Gasteiger partial charge in [0.05, 0.1) is 12.8 Å². The Labute approximate surface area is 377 Å². The van der Waals surface area contributed by atoms with Gasteiger partial charge in [-0.25, -0.2) is 4.79 Å². The fraction of sp³-hybridized carbons (Fsp3) is 0.880. The van der Waals surface area contributed by atoms with E-state index in [4.69, 9.17) is 5.11 Å². The van der Waals surface area contributed by atoms with Gasteiger partial charge in [0, 0.05) is 25.9 Å². The maximum Gasteiger partial charge on any atom is 0.326 e. The largest absolute Gasteiger partial charge is 0.481 e. The van der Waals surface area contributed by atoms with E-state index in [2.05, 4.69) is 35.1 Å². The van der Waals surface area contributed by atoms with Gasteiger partial charge in [0.2, 0.25) is 23.6 Å². The molecule has 0 fully saturated rings. The van der Waals surface area contributed by atoms with Crippen molar-refractivity contribution in [3.63, 3.8) is 0 Å². The van der Waals surface area contributed by atoms with Crippen molar-refractivity contribution in [3.8, 4) is 0 Å². The first-order chi connectivity index (χ1) is 30.1. The quantitative estimate of drug-likeness (QED) is 0.0325. The van der Waals surface area contributed by atoms with Gasteiger partial charge < -0.3 is 31.5 Å². The molecule has 0 radical (unpaired) electrons. The summed E-state index contributed by atoms with van der Waals surface area (Å²) >= 11 is 0. The average molecular weight is 879 g/mol. The van der Waals surface area contributed by atoms with Crippen LogP contribution in [0.25, 0.3) is 0 Å². The molecule has 0 saturated heterocycles. The molecule has 6 N–H and O–H groups in total. The van der Waals surface area contributed by atoms with E-state index in [9.17, 15) is 33.9 Å². The van der Waals surface area contributed by atoms with E-state index in [0.717, 1.165) is 64.2 Å². The summed E-state index contributed by atoms with van der Waals surface area (Å²) in [5.41, 5.74) is 0.